The normalized spacial score (nSPS) is 22.4. The van der Waals surface area contributed by atoms with Crippen LogP contribution in [-0.4, -0.2) is 71.5 Å². The van der Waals surface area contributed by atoms with E-state index in [9.17, 15) is 9.59 Å². The molecule has 1 saturated heterocycles. The van der Waals surface area contributed by atoms with Crippen molar-refractivity contribution in [2.24, 2.45) is 0 Å². The van der Waals surface area contributed by atoms with E-state index in [-0.39, 0.29) is 12.5 Å². The van der Waals surface area contributed by atoms with Crippen molar-refractivity contribution in [2.75, 3.05) is 38.7 Å². The number of amides is 1. The molecule has 0 aromatic rings. The minimum atomic E-state index is -0.839. The fourth-order valence-electron chi connectivity index (χ4n) is 1.37. The van der Waals surface area contributed by atoms with E-state index in [0.717, 1.165) is 5.75 Å². The molecular weight excluding hydrogens is 216 g/mol. The van der Waals surface area contributed by atoms with E-state index in [2.05, 4.69) is 0 Å². The van der Waals surface area contributed by atoms with Gasteiger partial charge in [-0.2, -0.15) is 11.8 Å². The Balaban J connectivity index is 2.57. The molecule has 1 unspecified atom stereocenters. The van der Waals surface area contributed by atoms with Crippen LogP contribution in [0.15, 0.2) is 0 Å². The number of aliphatic carboxylic acids is 1. The van der Waals surface area contributed by atoms with Crippen molar-refractivity contribution in [1.82, 2.24) is 9.80 Å². The highest BCUT2D eigenvalue weighted by Gasteiger charge is 2.30. The van der Waals surface area contributed by atoms with E-state index in [1.807, 2.05) is 0 Å². The summed E-state index contributed by atoms with van der Waals surface area (Å²) in [5.74, 6) is 0.572. The van der Waals surface area contributed by atoms with Gasteiger partial charge in [-0.15, -0.1) is 0 Å². The lowest BCUT2D eigenvalue weighted by Crippen LogP contribution is -2.50. The third-order valence-corrected chi connectivity index (χ3v) is 3.38. The molecule has 0 spiro atoms. The zero-order chi connectivity index (χ0) is 11.4. The van der Waals surface area contributed by atoms with Crippen LogP contribution < -0.4 is 0 Å². The van der Waals surface area contributed by atoms with Crippen molar-refractivity contribution in [1.29, 1.82) is 0 Å². The number of nitrogens with zero attached hydrogens (tertiary/aromatic N) is 2. The lowest BCUT2D eigenvalue weighted by atomic mass is 10.2. The molecule has 0 radical (unpaired) electrons. The second-order valence-electron chi connectivity index (χ2n) is 3.69. The molecule has 6 heteroatoms. The lowest BCUT2D eigenvalue weighted by molar-refractivity contribution is -0.143. The molecule has 1 rings (SSSR count). The summed E-state index contributed by atoms with van der Waals surface area (Å²) in [7, 11) is 3.35. The molecule has 5 nitrogen and oxygen atoms in total. The monoisotopic (exact) mass is 232 g/mol. The molecule has 1 aliphatic heterocycles. The average Bonchev–Trinajstić information content (AvgIpc) is 2.18. The Bertz CT molecular complexity index is 258. The highest BCUT2D eigenvalue weighted by molar-refractivity contribution is 7.99. The minimum Gasteiger partial charge on any atom is -0.480 e. The average molecular weight is 232 g/mol. The molecule has 1 amide bonds. The van der Waals surface area contributed by atoms with E-state index in [1.165, 1.54) is 4.90 Å². The fourth-order valence-corrected chi connectivity index (χ4v) is 2.48. The Morgan fingerprint density at radius 3 is 2.73 bits per heavy atom. The Morgan fingerprint density at radius 1 is 1.53 bits per heavy atom. The summed E-state index contributed by atoms with van der Waals surface area (Å²) >= 11 is 1.62. The predicted octanol–water partition coefficient (Wildman–Crippen LogP) is -0.423. The van der Waals surface area contributed by atoms with Crippen LogP contribution in [0.4, 0.5) is 0 Å². The van der Waals surface area contributed by atoms with Crippen LogP contribution in [0, 0.1) is 0 Å². The third kappa shape index (κ3) is 3.39. The summed E-state index contributed by atoms with van der Waals surface area (Å²) in [4.78, 5) is 25.6. The Morgan fingerprint density at radius 2 is 2.20 bits per heavy atom. The van der Waals surface area contributed by atoms with Crippen LogP contribution in [-0.2, 0) is 9.59 Å². The smallest absolute Gasteiger partial charge is 0.321 e. The predicted molar refractivity (Wildman–Crippen MR) is 59.0 cm³/mol. The molecule has 1 fully saturated rings. The Labute approximate surface area is 93.4 Å². The highest BCUT2D eigenvalue weighted by atomic mass is 32.2. The molecule has 1 atom stereocenters. The van der Waals surface area contributed by atoms with Gasteiger partial charge in [-0.1, -0.05) is 0 Å². The lowest BCUT2D eigenvalue weighted by Gasteiger charge is -2.32. The van der Waals surface area contributed by atoms with Gasteiger partial charge in [0.15, 0.2) is 0 Å². The first-order chi connectivity index (χ1) is 7.02. The van der Waals surface area contributed by atoms with E-state index in [4.69, 9.17) is 5.11 Å². The molecule has 15 heavy (non-hydrogen) atoms. The van der Waals surface area contributed by atoms with Crippen molar-refractivity contribution in [3.63, 3.8) is 0 Å². The van der Waals surface area contributed by atoms with Crippen LogP contribution in [0.2, 0.25) is 0 Å². The van der Waals surface area contributed by atoms with Crippen molar-refractivity contribution >= 4 is 23.6 Å². The van der Waals surface area contributed by atoms with Crippen LogP contribution in [0.1, 0.15) is 0 Å². The van der Waals surface area contributed by atoms with Crippen molar-refractivity contribution in [3.8, 4) is 0 Å². The van der Waals surface area contributed by atoms with Gasteiger partial charge in [-0.3, -0.25) is 14.5 Å². The van der Waals surface area contributed by atoms with Gasteiger partial charge in [0.25, 0.3) is 0 Å². The Kier molecular flexibility index (Phi) is 4.41. The van der Waals surface area contributed by atoms with Gasteiger partial charge in [0, 0.05) is 32.1 Å². The summed E-state index contributed by atoms with van der Waals surface area (Å²) in [5.41, 5.74) is 0. The molecule has 1 heterocycles. The van der Waals surface area contributed by atoms with Gasteiger partial charge in [-0.25, -0.2) is 0 Å². The Hall–Kier alpha value is -0.750. The van der Waals surface area contributed by atoms with Gasteiger partial charge in [0.2, 0.25) is 5.91 Å². The number of hydrogen-bond donors (Lipinski definition) is 1. The van der Waals surface area contributed by atoms with Crippen LogP contribution in [0.5, 0.6) is 0 Å². The summed E-state index contributed by atoms with van der Waals surface area (Å²) in [6, 6.07) is -0.521. The molecule has 1 aliphatic rings. The standard InChI is InChI=1S/C9H16N2O3S/c1-10(2)8(12)5-11-3-4-15-6-7(11)9(13)14/h7H,3-6H2,1-2H3,(H,13,14). The van der Waals surface area contributed by atoms with Crippen molar-refractivity contribution in [2.45, 2.75) is 6.04 Å². The summed E-state index contributed by atoms with van der Waals surface area (Å²) < 4.78 is 0. The van der Waals surface area contributed by atoms with Gasteiger partial charge in [0.05, 0.1) is 6.54 Å². The number of thioether (sulfide) groups is 1. The number of carbonyl (C=O) groups excluding carboxylic acids is 1. The first-order valence-corrected chi connectivity index (χ1v) is 5.92. The van der Waals surface area contributed by atoms with E-state index in [1.54, 1.807) is 30.8 Å². The van der Waals surface area contributed by atoms with Gasteiger partial charge in [0.1, 0.15) is 6.04 Å². The second kappa shape index (κ2) is 5.37. The van der Waals surface area contributed by atoms with Crippen LogP contribution in [0.3, 0.4) is 0 Å². The number of carbonyl (C=O) groups is 2. The van der Waals surface area contributed by atoms with Crippen LogP contribution >= 0.6 is 11.8 Å². The van der Waals surface area contributed by atoms with Gasteiger partial charge in [-0.05, 0) is 0 Å². The first kappa shape index (κ1) is 12.3. The fraction of sp³-hybridized carbons (Fsp3) is 0.778. The van der Waals surface area contributed by atoms with Gasteiger partial charge >= 0.3 is 5.97 Å². The van der Waals surface area contributed by atoms with E-state index in [0.29, 0.717) is 12.3 Å². The summed E-state index contributed by atoms with van der Waals surface area (Å²) in [6.07, 6.45) is 0. The molecular formula is C9H16N2O3S. The minimum absolute atomic E-state index is 0.0480. The van der Waals surface area contributed by atoms with Gasteiger partial charge < -0.3 is 10.0 Å². The van der Waals surface area contributed by atoms with Crippen LogP contribution in [0.25, 0.3) is 0 Å². The zero-order valence-electron chi connectivity index (χ0n) is 8.97. The number of carboxylic acids is 1. The molecule has 0 aliphatic carbocycles. The summed E-state index contributed by atoms with van der Waals surface area (Å²) in [6.45, 7) is 0.867. The molecule has 0 saturated carbocycles. The maximum atomic E-state index is 11.5. The van der Waals surface area contributed by atoms with Crippen molar-refractivity contribution in [3.05, 3.63) is 0 Å². The molecule has 0 bridgehead atoms. The van der Waals surface area contributed by atoms with E-state index < -0.39 is 12.0 Å². The number of carboxylic acid groups (broad SMARTS) is 1. The number of likely N-dealkylation sites (N-methyl/N-ethyl adjacent to an activating group) is 1. The molecule has 86 valence electrons. The van der Waals surface area contributed by atoms with Crippen molar-refractivity contribution < 1.29 is 14.7 Å². The molecule has 0 aromatic heterocycles. The first-order valence-electron chi connectivity index (χ1n) is 4.77. The molecule has 1 N–H and O–H groups in total. The topological polar surface area (TPSA) is 60.9 Å². The zero-order valence-corrected chi connectivity index (χ0v) is 9.79. The molecule has 0 aromatic carbocycles. The van der Waals surface area contributed by atoms with E-state index >= 15 is 0 Å². The quantitative estimate of drug-likeness (QED) is 0.716. The third-order valence-electron chi connectivity index (χ3n) is 2.36. The maximum Gasteiger partial charge on any atom is 0.321 e. The number of rotatable bonds is 3. The largest absolute Gasteiger partial charge is 0.480 e. The second-order valence-corrected chi connectivity index (χ2v) is 4.84. The maximum absolute atomic E-state index is 11.5. The SMILES string of the molecule is CN(C)C(=O)CN1CCSCC1C(=O)O. The summed E-state index contributed by atoms with van der Waals surface area (Å²) in [5, 5.41) is 8.98. The number of hydrogen-bond acceptors (Lipinski definition) is 4. The highest BCUT2D eigenvalue weighted by Crippen LogP contribution is 2.16.